The first-order chi connectivity index (χ1) is 5.85. The Bertz CT molecular complexity index is 217. The van der Waals surface area contributed by atoms with Crippen molar-refractivity contribution in [1.82, 2.24) is 5.32 Å². The molecule has 0 radical (unpaired) electrons. The second-order valence-corrected chi connectivity index (χ2v) is 5.90. The van der Waals surface area contributed by atoms with Crippen molar-refractivity contribution in [3.05, 3.63) is 0 Å². The Morgan fingerprint density at radius 1 is 1.54 bits per heavy atom. The lowest BCUT2D eigenvalue weighted by atomic mass is 10.0. The van der Waals surface area contributed by atoms with E-state index in [9.17, 15) is 0 Å². The van der Waals surface area contributed by atoms with Gasteiger partial charge in [0.15, 0.2) is 5.17 Å². The minimum atomic E-state index is 0.130. The molecule has 0 aromatic rings. The minimum Gasteiger partial charge on any atom is -0.360 e. The molecule has 0 aromatic heterocycles. The smallest absolute Gasteiger partial charge is 0.157 e. The Balaban J connectivity index is 2.60. The van der Waals surface area contributed by atoms with Crippen LogP contribution >= 0.6 is 11.8 Å². The molecular weight excluding hydrogens is 180 g/mol. The minimum absolute atomic E-state index is 0.130. The summed E-state index contributed by atoms with van der Waals surface area (Å²) in [5.74, 6) is 1.11. The van der Waals surface area contributed by atoms with Crippen molar-refractivity contribution in [2.24, 2.45) is 4.99 Å². The van der Waals surface area contributed by atoms with Crippen molar-refractivity contribution < 1.29 is 0 Å². The highest BCUT2D eigenvalue weighted by molar-refractivity contribution is 8.14. The van der Waals surface area contributed by atoms with Gasteiger partial charge in [0.1, 0.15) is 0 Å². The van der Waals surface area contributed by atoms with Crippen molar-refractivity contribution >= 4 is 16.9 Å². The zero-order valence-electron chi connectivity index (χ0n) is 9.27. The molecule has 1 atom stereocenters. The number of rotatable bonds is 1. The van der Waals surface area contributed by atoms with E-state index >= 15 is 0 Å². The van der Waals surface area contributed by atoms with Gasteiger partial charge >= 0.3 is 0 Å². The molecule has 0 bridgehead atoms. The highest BCUT2D eigenvalue weighted by Crippen LogP contribution is 2.29. The van der Waals surface area contributed by atoms with Crippen LogP contribution in [-0.2, 0) is 0 Å². The summed E-state index contributed by atoms with van der Waals surface area (Å²) >= 11 is 1.84. The standard InChI is InChI=1S/C10H20N2S/c1-6-10(5)7-13-8(12-10)11-9(2,3)4/h6-7H2,1-5H3,(H,11,12). The molecule has 13 heavy (non-hydrogen) atoms. The van der Waals surface area contributed by atoms with Crippen LogP contribution in [0.2, 0.25) is 0 Å². The Morgan fingerprint density at radius 2 is 2.15 bits per heavy atom. The van der Waals surface area contributed by atoms with Gasteiger partial charge in [-0.2, -0.15) is 0 Å². The van der Waals surface area contributed by atoms with E-state index in [0.29, 0.717) is 0 Å². The fourth-order valence-corrected chi connectivity index (χ4v) is 2.48. The summed E-state index contributed by atoms with van der Waals surface area (Å²) in [4.78, 5) is 4.69. The van der Waals surface area contributed by atoms with Gasteiger partial charge in [-0.15, -0.1) is 0 Å². The topological polar surface area (TPSA) is 24.4 Å². The lowest BCUT2D eigenvalue weighted by Gasteiger charge is -2.21. The van der Waals surface area contributed by atoms with E-state index < -0.39 is 0 Å². The van der Waals surface area contributed by atoms with Crippen LogP contribution in [0.15, 0.2) is 4.99 Å². The lowest BCUT2D eigenvalue weighted by molar-refractivity contribution is 0.497. The van der Waals surface area contributed by atoms with E-state index in [1.165, 1.54) is 0 Å². The fourth-order valence-electron chi connectivity index (χ4n) is 1.10. The number of nitrogens with one attached hydrogen (secondary N) is 1. The maximum atomic E-state index is 4.69. The van der Waals surface area contributed by atoms with Gasteiger partial charge in [-0.3, -0.25) is 4.99 Å². The highest BCUT2D eigenvalue weighted by atomic mass is 32.2. The molecule has 3 heteroatoms. The van der Waals surface area contributed by atoms with E-state index in [1.54, 1.807) is 0 Å². The quantitative estimate of drug-likeness (QED) is 0.703. The summed E-state index contributed by atoms with van der Waals surface area (Å²) in [6.45, 7) is 10.9. The van der Waals surface area contributed by atoms with Crippen molar-refractivity contribution in [1.29, 1.82) is 0 Å². The van der Waals surface area contributed by atoms with Gasteiger partial charge in [-0.05, 0) is 34.1 Å². The van der Waals surface area contributed by atoms with E-state index in [2.05, 4.69) is 39.9 Å². The lowest BCUT2D eigenvalue weighted by Crippen LogP contribution is -2.38. The average Bonchev–Trinajstić information content (AvgIpc) is 2.30. The van der Waals surface area contributed by atoms with Gasteiger partial charge in [0.05, 0.1) is 5.54 Å². The van der Waals surface area contributed by atoms with Crippen LogP contribution in [0.3, 0.4) is 0 Å². The summed E-state index contributed by atoms with van der Waals surface area (Å²) in [7, 11) is 0. The molecule has 1 N–H and O–H groups in total. The molecule has 2 nitrogen and oxygen atoms in total. The maximum Gasteiger partial charge on any atom is 0.157 e. The van der Waals surface area contributed by atoms with Crippen LogP contribution in [0.25, 0.3) is 0 Å². The number of nitrogens with zero attached hydrogens (tertiary/aromatic N) is 1. The van der Waals surface area contributed by atoms with Crippen molar-refractivity contribution in [3.8, 4) is 0 Å². The molecule has 0 spiro atoms. The summed E-state index contributed by atoms with van der Waals surface area (Å²) in [6, 6.07) is 0. The summed E-state index contributed by atoms with van der Waals surface area (Å²) in [6.07, 6.45) is 1.12. The maximum absolute atomic E-state index is 4.69. The fraction of sp³-hybridized carbons (Fsp3) is 0.900. The van der Waals surface area contributed by atoms with E-state index in [0.717, 1.165) is 17.3 Å². The molecular formula is C10H20N2S. The average molecular weight is 200 g/mol. The molecule has 1 aliphatic rings. The van der Waals surface area contributed by atoms with Crippen LogP contribution in [0.4, 0.5) is 0 Å². The largest absolute Gasteiger partial charge is 0.360 e. The number of hydrogen-bond acceptors (Lipinski definition) is 3. The number of hydrogen-bond donors (Lipinski definition) is 1. The first kappa shape index (κ1) is 10.9. The summed E-state index contributed by atoms with van der Waals surface area (Å²) in [5, 5.41) is 4.53. The SMILES string of the molecule is CCC1(C)CSC(NC(C)(C)C)=N1. The zero-order chi connectivity index (χ0) is 10.1. The Morgan fingerprint density at radius 3 is 2.54 bits per heavy atom. The summed E-state index contributed by atoms with van der Waals surface area (Å²) < 4.78 is 0. The van der Waals surface area contributed by atoms with Gasteiger partial charge in [0.25, 0.3) is 0 Å². The van der Waals surface area contributed by atoms with Crippen molar-refractivity contribution in [2.75, 3.05) is 5.75 Å². The molecule has 1 aliphatic heterocycles. The monoisotopic (exact) mass is 200 g/mol. The van der Waals surface area contributed by atoms with Crippen molar-refractivity contribution in [3.63, 3.8) is 0 Å². The van der Waals surface area contributed by atoms with Gasteiger partial charge in [0, 0.05) is 11.3 Å². The molecule has 1 unspecified atom stereocenters. The molecule has 0 fully saturated rings. The molecule has 0 saturated carbocycles. The first-order valence-corrected chi connectivity index (χ1v) is 5.84. The Labute approximate surface area is 85.6 Å². The number of aliphatic imine (C=N–C) groups is 1. The van der Waals surface area contributed by atoms with Crippen LogP contribution < -0.4 is 5.32 Å². The van der Waals surface area contributed by atoms with Gasteiger partial charge in [0.2, 0.25) is 0 Å². The van der Waals surface area contributed by atoms with Crippen LogP contribution in [-0.4, -0.2) is 22.0 Å². The zero-order valence-corrected chi connectivity index (χ0v) is 10.1. The second-order valence-electron chi connectivity index (χ2n) is 4.93. The Kier molecular flexibility index (Phi) is 2.95. The molecule has 76 valence electrons. The second kappa shape index (κ2) is 3.52. The van der Waals surface area contributed by atoms with Gasteiger partial charge < -0.3 is 5.32 Å². The Hall–Kier alpha value is -0.180. The number of amidine groups is 1. The third-order valence-corrected chi connectivity index (χ3v) is 3.37. The van der Waals surface area contributed by atoms with Crippen LogP contribution in [0, 0.1) is 0 Å². The highest BCUT2D eigenvalue weighted by Gasteiger charge is 2.29. The van der Waals surface area contributed by atoms with Crippen LogP contribution in [0.5, 0.6) is 0 Å². The molecule has 0 amide bonds. The van der Waals surface area contributed by atoms with Crippen molar-refractivity contribution in [2.45, 2.75) is 52.1 Å². The molecule has 0 aliphatic carbocycles. The third kappa shape index (κ3) is 3.22. The van der Waals surface area contributed by atoms with E-state index in [4.69, 9.17) is 4.99 Å². The first-order valence-electron chi connectivity index (χ1n) is 4.85. The number of thioether (sulfide) groups is 1. The third-order valence-electron chi connectivity index (χ3n) is 2.13. The molecule has 1 rings (SSSR count). The van der Waals surface area contributed by atoms with E-state index in [1.807, 2.05) is 11.8 Å². The predicted molar refractivity (Wildman–Crippen MR) is 61.5 cm³/mol. The van der Waals surface area contributed by atoms with Gasteiger partial charge in [-0.1, -0.05) is 18.7 Å². The molecule has 0 saturated heterocycles. The van der Waals surface area contributed by atoms with E-state index in [-0.39, 0.29) is 11.1 Å². The molecule has 0 aromatic carbocycles. The van der Waals surface area contributed by atoms with Gasteiger partial charge in [-0.25, -0.2) is 0 Å². The predicted octanol–water partition coefficient (Wildman–Crippen LogP) is 2.65. The van der Waals surface area contributed by atoms with Crippen LogP contribution in [0.1, 0.15) is 41.0 Å². The molecule has 1 heterocycles. The summed E-state index contributed by atoms with van der Waals surface area (Å²) in [5.41, 5.74) is 0.295. The normalized spacial score (nSPS) is 28.8.